The topological polar surface area (TPSA) is 0 Å². The number of hydrogen-bond acceptors (Lipinski definition) is 0. The Bertz CT molecular complexity index is 446. The molecule has 2 aromatic carbocycles. The van der Waals surface area contributed by atoms with Crippen LogP contribution in [0.2, 0.25) is 0 Å². The van der Waals surface area contributed by atoms with Crippen molar-refractivity contribution in [3.05, 3.63) is 70.8 Å². The number of fused-ring (bicyclic) bond motifs is 2. The van der Waals surface area contributed by atoms with E-state index in [2.05, 4.69) is 85.8 Å². The maximum atomic E-state index is 2.27. The third-order valence-corrected chi connectivity index (χ3v) is 3.28. The molecule has 0 heterocycles. The van der Waals surface area contributed by atoms with E-state index < -0.39 is 0 Å². The van der Waals surface area contributed by atoms with Gasteiger partial charge in [0.25, 0.3) is 0 Å². The fraction of sp³-hybridized carbons (Fsp3) is 0.250. The molecule has 0 radical (unpaired) electrons. The minimum Gasteiger partial charge on any atom is -0.0776 e. The zero-order chi connectivity index (χ0) is 12.1. The van der Waals surface area contributed by atoms with E-state index >= 15 is 0 Å². The predicted molar refractivity (Wildman–Crippen MR) is 97.9 cm³/mol. The van der Waals surface area contributed by atoms with Gasteiger partial charge >= 0.3 is 0 Å². The Morgan fingerprint density at radius 2 is 0.944 bits per heavy atom. The molecular weight excluding hydrogens is 446 g/mol. The van der Waals surface area contributed by atoms with Gasteiger partial charge in [-0.1, -0.05) is 56.0 Å². The average Bonchev–Trinajstić information content (AvgIpc) is 2.60. The van der Waals surface area contributed by atoms with Crippen LogP contribution in [0.4, 0.5) is 0 Å². The van der Waals surface area contributed by atoms with Crippen molar-refractivity contribution < 1.29 is 0 Å². The quantitative estimate of drug-likeness (QED) is 0.434. The summed E-state index contributed by atoms with van der Waals surface area (Å²) < 4.78 is 0. The first-order valence-corrected chi connectivity index (χ1v) is 12.0. The highest BCUT2D eigenvalue weighted by molar-refractivity contribution is 15.0. The SMILES string of the molecule is C.II.c1ccc2c(c1)CCc1ccccc1C2. The van der Waals surface area contributed by atoms with Gasteiger partial charge in [-0.15, -0.1) is 0 Å². The molecule has 0 amide bonds. The first kappa shape index (κ1) is 16.0. The Balaban J connectivity index is 0.000000516. The second kappa shape index (κ2) is 8.15. The van der Waals surface area contributed by atoms with E-state index in [0.717, 1.165) is 6.42 Å². The minimum atomic E-state index is 0. The molecule has 0 bridgehead atoms. The summed E-state index contributed by atoms with van der Waals surface area (Å²) >= 11 is 4.24. The number of halogens is 2. The molecule has 0 unspecified atom stereocenters. The molecule has 0 saturated carbocycles. The van der Waals surface area contributed by atoms with E-state index in [-0.39, 0.29) is 7.43 Å². The number of benzene rings is 2. The summed E-state index contributed by atoms with van der Waals surface area (Å²) in [5, 5.41) is 0. The van der Waals surface area contributed by atoms with Crippen molar-refractivity contribution in [3.8, 4) is 0 Å². The summed E-state index contributed by atoms with van der Waals surface area (Å²) in [4.78, 5) is 0. The fourth-order valence-corrected chi connectivity index (χ4v) is 2.42. The number of aryl methyl sites for hydroxylation is 2. The van der Waals surface area contributed by atoms with Gasteiger partial charge in [-0.2, -0.15) is 0 Å². The van der Waals surface area contributed by atoms with Gasteiger partial charge in [-0.25, -0.2) is 0 Å². The highest BCUT2D eigenvalue weighted by Gasteiger charge is 2.11. The van der Waals surface area contributed by atoms with E-state index in [1.807, 2.05) is 0 Å². The van der Waals surface area contributed by atoms with Crippen LogP contribution in [0.5, 0.6) is 0 Å². The Kier molecular flexibility index (Phi) is 7.22. The standard InChI is InChI=1S/C15H14.CH4.I2/c1-3-7-14-11-15-8-4-2-6-13(15)10-9-12(14)5-1;;1-2/h1-8H,9-11H2;1H4;. The molecule has 0 spiro atoms. The van der Waals surface area contributed by atoms with Crippen molar-refractivity contribution in [1.82, 2.24) is 0 Å². The van der Waals surface area contributed by atoms with E-state index in [1.165, 1.54) is 35.1 Å². The predicted octanol–water partition coefficient (Wildman–Crippen LogP) is 5.78. The van der Waals surface area contributed by atoms with Gasteiger partial charge in [-0.3, -0.25) is 0 Å². The number of hydrogen-bond donors (Lipinski definition) is 0. The molecule has 0 fully saturated rings. The van der Waals surface area contributed by atoms with Gasteiger partial charge in [0.15, 0.2) is 0 Å². The maximum Gasteiger partial charge on any atom is 0 e. The largest absolute Gasteiger partial charge is 0.0776 e. The molecule has 1 aliphatic carbocycles. The second-order valence-corrected chi connectivity index (χ2v) is 4.21. The first-order valence-electron chi connectivity index (χ1n) is 5.71. The first-order chi connectivity index (χ1) is 8.43. The zero-order valence-corrected chi connectivity index (χ0v) is 13.8. The third-order valence-electron chi connectivity index (χ3n) is 3.28. The van der Waals surface area contributed by atoms with Crippen molar-refractivity contribution in [2.75, 3.05) is 0 Å². The second-order valence-electron chi connectivity index (χ2n) is 4.21. The average molecular weight is 464 g/mol. The molecule has 0 saturated heterocycles. The maximum absolute atomic E-state index is 2.27. The van der Waals surface area contributed by atoms with Crippen LogP contribution in [0.25, 0.3) is 0 Å². The Morgan fingerprint density at radius 1 is 0.611 bits per heavy atom. The smallest absolute Gasteiger partial charge is 0 e. The van der Waals surface area contributed by atoms with Gasteiger partial charge in [0.05, 0.1) is 0 Å². The molecule has 1 aliphatic rings. The summed E-state index contributed by atoms with van der Waals surface area (Å²) in [7, 11) is 0. The van der Waals surface area contributed by atoms with Crippen LogP contribution >= 0.6 is 37.2 Å². The van der Waals surface area contributed by atoms with Crippen LogP contribution in [0.1, 0.15) is 29.7 Å². The Hall–Kier alpha value is -0.1000. The van der Waals surface area contributed by atoms with Crippen molar-refractivity contribution in [2.45, 2.75) is 26.7 Å². The van der Waals surface area contributed by atoms with Gasteiger partial charge in [0.1, 0.15) is 0 Å². The number of rotatable bonds is 0. The molecule has 0 aliphatic heterocycles. The van der Waals surface area contributed by atoms with E-state index in [1.54, 1.807) is 0 Å². The van der Waals surface area contributed by atoms with E-state index in [0.29, 0.717) is 0 Å². The molecule has 0 N–H and O–H groups in total. The van der Waals surface area contributed by atoms with Gasteiger partial charge in [0.2, 0.25) is 0 Å². The van der Waals surface area contributed by atoms with E-state index in [4.69, 9.17) is 0 Å². The molecule has 3 rings (SSSR count). The molecule has 2 aromatic rings. The summed E-state index contributed by atoms with van der Waals surface area (Å²) in [5.74, 6) is 0. The van der Waals surface area contributed by atoms with Crippen LogP contribution in [0.15, 0.2) is 48.5 Å². The highest BCUT2D eigenvalue weighted by atomic mass is 128. The molecule has 18 heavy (non-hydrogen) atoms. The van der Waals surface area contributed by atoms with Crippen molar-refractivity contribution >= 4 is 37.2 Å². The summed E-state index contributed by atoms with van der Waals surface area (Å²) in [6.07, 6.45) is 3.48. The van der Waals surface area contributed by atoms with Crippen LogP contribution < -0.4 is 0 Å². The van der Waals surface area contributed by atoms with Crippen LogP contribution in [-0.4, -0.2) is 0 Å². The molecule has 0 atom stereocenters. The van der Waals surface area contributed by atoms with Gasteiger partial charge < -0.3 is 0 Å². The molecule has 96 valence electrons. The Morgan fingerprint density at radius 3 is 1.33 bits per heavy atom. The van der Waals surface area contributed by atoms with Crippen molar-refractivity contribution in [2.24, 2.45) is 0 Å². The molecule has 2 heteroatoms. The zero-order valence-electron chi connectivity index (χ0n) is 9.50. The van der Waals surface area contributed by atoms with Crippen molar-refractivity contribution in [1.29, 1.82) is 0 Å². The molecular formula is C16H18I2. The molecule has 0 aromatic heterocycles. The third kappa shape index (κ3) is 3.70. The highest BCUT2D eigenvalue weighted by Crippen LogP contribution is 2.23. The van der Waals surface area contributed by atoms with Crippen LogP contribution in [0, 0.1) is 0 Å². The summed E-state index contributed by atoms with van der Waals surface area (Å²) in [6, 6.07) is 17.6. The van der Waals surface area contributed by atoms with E-state index in [9.17, 15) is 0 Å². The lowest BCUT2D eigenvalue weighted by atomic mass is 10.0. The van der Waals surface area contributed by atoms with Gasteiger partial charge in [-0.05, 0) is 41.5 Å². The molecule has 0 nitrogen and oxygen atoms in total. The lowest BCUT2D eigenvalue weighted by Gasteiger charge is -2.04. The summed E-state index contributed by atoms with van der Waals surface area (Å²) in [6.45, 7) is 0. The minimum absolute atomic E-state index is 0. The lowest BCUT2D eigenvalue weighted by Crippen LogP contribution is -1.90. The van der Waals surface area contributed by atoms with Crippen LogP contribution in [-0.2, 0) is 19.3 Å². The monoisotopic (exact) mass is 464 g/mol. The fourth-order valence-electron chi connectivity index (χ4n) is 2.42. The van der Waals surface area contributed by atoms with Gasteiger partial charge in [0, 0.05) is 37.2 Å². The van der Waals surface area contributed by atoms with Crippen LogP contribution in [0.3, 0.4) is 0 Å². The normalized spacial score (nSPS) is 11.9. The lowest BCUT2D eigenvalue weighted by molar-refractivity contribution is 0.965. The Labute approximate surface area is 134 Å². The van der Waals surface area contributed by atoms with Crippen molar-refractivity contribution in [3.63, 3.8) is 0 Å². The summed E-state index contributed by atoms with van der Waals surface area (Å²) in [5.41, 5.74) is 6.05.